The Balaban J connectivity index is 2.23. The second-order valence-electron chi connectivity index (χ2n) is 4.93. The van der Waals surface area contributed by atoms with Gasteiger partial charge in [0.05, 0.1) is 11.9 Å². The van der Waals surface area contributed by atoms with Crippen LogP contribution in [0.1, 0.15) is 36.3 Å². The second kappa shape index (κ2) is 7.91. The fourth-order valence-electron chi connectivity index (χ4n) is 1.68. The lowest BCUT2D eigenvalue weighted by Gasteiger charge is -2.08. The van der Waals surface area contributed by atoms with Crippen LogP contribution in [-0.2, 0) is 18.3 Å². The number of carboxylic acid groups (broad SMARTS) is 1. The average Bonchev–Trinajstić information content (AvgIpc) is 2.69. The van der Waals surface area contributed by atoms with Gasteiger partial charge in [0, 0.05) is 26.8 Å². The fourth-order valence-corrected chi connectivity index (χ4v) is 1.68. The summed E-state index contributed by atoms with van der Waals surface area (Å²) in [5.41, 5.74) is 0.946. The molecule has 1 aromatic rings. The van der Waals surface area contributed by atoms with Crippen LogP contribution >= 0.6 is 0 Å². The van der Waals surface area contributed by atoms with Gasteiger partial charge in [-0.25, -0.2) is 4.79 Å². The molecule has 108 valence electrons. The molecule has 0 spiro atoms. The Kier molecular flexibility index (Phi) is 6.52. The highest BCUT2D eigenvalue weighted by molar-refractivity contribution is 5.88. The highest BCUT2D eigenvalue weighted by Gasteiger charge is 2.13. The van der Waals surface area contributed by atoms with E-state index < -0.39 is 5.97 Å². The molecule has 0 atom stereocenters. The van der Waals surface area contributed by atoms with E-state index in [0.717, 1.165) is 26.2 Å². The van der Waals surface area contributed by atoms with E-state index >= 15 is 0 Å². The number of carboxylic acids is 1. The van der Waals surface area contributed by atoms with Crippen LogP contribution in [0.25, 0.3) is 0 Å². The van der Waals surface area contributed by atoms with E-state index in [4.69, 9.17) is 9.84 Å². The first-order valence-corrected chi connectivity index (χ1v) is 6.55. The minimum atomic E-state index is -0.940. The minimum absolute atomic E-state index is 0.256. The van der Waals surface area contributed by atoms with Crippen LogP contribution in [0.15, 0.2) is 6.20 Å². The number of carbonyl (C=O) groups is 1. The predicted octanol–water partition coefficient (Wildman–Crippen LogP) is 1.27. The molecular weight excluding hydrogens is 246 g/mol. The van der Waals surface area contributed by atoms with Crippen molar-refractivity contribution in [3.05, 3.63) is 17.5 Å². The summed E-state index contributed by atoms with van der Waals surface area (Å²) in [6.07, 6.45) is 2.29. The molecule has 0 bridgehead atoms. The Morgan fingerprint density at radius 2 is 2.32 bits per heavy atom. The van der Waals surface area contributed by atoms with E-state index in [-0.39, 0.29) is 5.56 Å². The van der Waals surface area contributed by atoms with Gasteiger partial charge in [0.1, 0.15) is 5.56 Å². The van der Waals surface area contributed by atoms with Crippen molar-refractivity contribution in [3.8, 4) is 0 Å². The zero-order chi connectivity index (χ0) is 14.3. The smallest absolute Gasteiger partial charge is 0.339 e. The molecule has 0 saturated carbocycles. The largest absolute Gasteiger partial charge is 0.478 e. The Morgan fingerprint density at radius 1 is 1.58 bits per heavy atom. The second-order valence-corrected chi connectivity index (χ2v) is 4.93. The Hall–Kier alpha value is -1.40. The van der Waals surface area contributed by atoms with E-state index in [1.807, 2.05) is 0 Å². The molecule has 1 rings (SSSR count). The lowest BCUT2D eigenvalue weighted by atomic mass is 10.2. The molecule has 0 aliphatic carbocycles. The minimum Gasteiger partial charge on any atom is -0.478 e. The van der Waals surface area contributed by atoms with Crippen molar-refractivity contribution in [1.82, 2.24) is 15.1 Å². The van der Waals surface area contributed by atoms with E-state index in [1.54, 1.807) is 11.7 Å². The van der Waals surface area contributed by atoms with Crippen LogP contribution in [0, 0.1) is 5.92 Å². The summed E-state index contributed by atoms with van der Waals surface area (Å²) in [6.45, 7) is 7.04. The lowest BCUT2D eigenvalue weighted by molar-refractivity contribution is 0.0695. The molecule has 0 radical (unpaired) electrons. The number of hydrogen-bond donors (Lipinski definition) is 2. The van der Waals surface area contributed by atoms with Gasteiger partial charge >= 0.3 is 5.97 Å². The van der Waals surface area contributed by atoms with Crippen molar-refractivity contribution >= 4 is 5.97 Å². The van der Waals surface area contributed by atoms with Gasteiger partial charge in [-0.3, -0.25) is 4.68 Å². The molecule has 2 N–H and O–H groups in total. The van der Waals surface area contributed by atoms with Crippen LogP contribution in [0.5, 0.6) is 0 Å². The summed E-state index contributed by atoms with van der Waals surface area (Å²) in [4.78, 5) is 11.0. The number of aromatic carboxylic acids is 1. The summed E-state index contributed by atoms with van der Waals surface area (Å²) in [5, 5.41) is 16.2. The third kappa shape index (κ3) is 5.40. The van der Waals surface area contributed by atoms with Crippen LogP contribution in [0.3, 0.4) is 0 Å². The number of rotatable bonds is 9. The lowest BCUT2D eigenvalue weighted by Crippen LogP contribution is -2.20. The first-order chi connectivity index (χ1) is 9.02. The van der Waals surface area contributed by atoms with Gasteiger partial charge in [-0.15, -0.1) is 0 Å². The highest BCUT2D eigenvalue weighted by Crippen LogP contribution is 2.06. The molecule has 0 fully saturated rings. The maximum Gasteiger partial charge on any atom is 0.339 e. The number of hydrogen-bond acceptors (Lipinski definition) is 4. The number of nitrogens with zero attached hydrogens (tertiary/aromatic N) is 2. The topological polar surface area (TPSA) is 76.4 Å². The summed E-state index contributed by atoms with van der Waals surface area (Å²) >= 11 is 0. The first-order valence-electron chi connectivity index (χ1n) is 6.55. The molecule has 1 heterocycles. The summed E-state index contributed by atoms with van der Waals surface area (Å²) < 4.78 is 7.06. The summed E-state index contributed by atoms with van der Waals surface area (Å²) in [7, 11) is 1.75. The third-order valence-corrected chi connectivity index (χ3v) is 2.68. The zero-order valence-electron chi connectivity index (χ0n) is 11.8. The number of aromatic nitrogens is 2. The maximum atomic E-state index is 11.0. The van der Waals surface area contributed by atoms with Gasteiger partial charge in [-0.05, 0) is 18.9 Å². The molecule has 0 saturated heterocycles. The van der Waals surface area contributed by atoms with Crippen molar-refractivity contribution in [2.75, 3.05) is 19.8 Å². The molecule has 0 aliphatic rings. The van der Waals surface area contributed by atoms with E-state index in [1.165, 1.54) is 6.20 Å². The molecule has 0 unspecified atom stereocenters. The number of ether oxygens (including phenoxy) is 1. The first kappa shape index (κ1) is 15.7. The van der Waals surface area contributed by atoms with E-state index in [2.05, 4.69) is 24.3 Å². The molecule has 0 aliphatic heterocycles. The maximum absolute atomic E-state index is 11.0. The fraction of sp³-hybridized carbons (Fsp3) is 0.692. The normalized spacial score (nSPS) is 11.2. The molecule has 19 heavy (non-hydrogen) atoms. The summed E-state index contributed by atoms with van der Waals surface area (Å²) in [5.74, 6) is -0.384. The van der Waals surface area contributed by atoms with Gasteiger partial charge in [0.25, 0.3) is 0 Å². The highest BCUT2D eigenvalue weighted by atomic mass is 16.5. The van der Waals surface area contributed by atoms with Gasteiger partial charge < -0.3 is 15.2 Å². The van der Waals surface area contributed by atoms with Crippen LogP contribution in [0.4, 0.5) is 0 Å². The SMILES string of the molecule is CC(C)COCCCNCc1c(C(=O)O)cnn1C. The van der Waals surface area contributed by atoms with Crippen molar-refractivity contribution in [3.63, 3.8) is 0 Å². The average molecular weight is 269 g/mol. The molecule has 0 amide bonds. The van der Waals surface area contributed by atoms with Crippen molar-refractivity contribution in [2.45, 2.75) is 26.8 Å². The van der Waals surface area contributed by atoms with E-state index in [0.29, 0.717) is 18.2 Å². The van der Waals surface area contributed by atoms with Gasteiger partial charge in [-0.2, -0.15) is 5.10 Å². The molecular formula is C13H23N3O3. The third-order valence-electron chi connectivity index (χ3n) is 2.68. The molecule has 1 aromatic heterocycles. The standard InChI is InChI=1S/C13H23N3O3/c1-10(2)9-19-6-4-5-14-8-12-11(13(17)18)7-15-16(12)3/h7,10,14H,4-6,8-9H2,1-3H3,(H,17,18). The zero-order valence-corrected chi connectivity index (χ0v) is 11.8. The molecule has 6 nitrogen and oxygen atoms in total. The Labute approximate surface area is 113 Å². The Bertz CT molecular complexity index is 402. The van der Waals surface area contributed by atoms with Crippen LogP contribution in [0.2, 0.25) is 0 Å². The monoisotopic (exact) mass is 269 g/mol. The van der Waals surface area contributed by atoms with Crippen LogP contribution < -0.4 is 5.32 Å². The molecule has 0 aromatic carbocycles. The van der Waals surface area contributed by atoms with Crippen molar-refractivity contribution in [2.24, 2.45) is 13.0 Å². The van der Waals surface area contributed by atoms with Crippen LogP contribution in [-0.4, -0.2) is 40.6 Å². The number of nitrogens with one attached hydrogen (secondary N) is 1. The van der Waals surface area contributed by atoms with Crippen molar-refractivity contribution in [1.29, 1.82) is 0 Å². The summed E-state index contributed by atoms with van der Waals surface area (Å²) in [6, 6.07) is 0. The molecule has 6 heteroatoms. The number of aryl methyl sites for hydroxylation is 1. The van der Waals surface area contributed by atoms with Gasteiger partial charge in [-0.1, -0.05) is 13.8 Å². The van der Waals surface area contributed by atoms with E-state index in [9.17, 15) is 4.79 Å². The Morgan fingerprint density at radius 3 is 2.95 bits per heavy atom. The van der Waals surface area contributed by atoms with Gasteiger partial charge in [0.2, 0.25) is 0 Å². The predicted molar refractivity (Wildman–Crippen MR) is 72.1 cm³/mol. The van der Waals surface area contributed by atoms with Gasteiger partial charge in [0.15, 0.2) is 0 Å². The quantitative estimate of drug-likeness (QED) is 0.660. The van der Waals surface area contributed by atoms with Crippen molar-refractivity contribution < 1.29 is 14.6 Å².